The van der Waals surface area contributed by atoms with Gasteiger partial charge in [0, 0.05) is 13.8 Å². The molecule has 3 rings (SSSR count). The third kappa shape index (κ3) is 1.80. The molecule has 2 amide bonds. The van der Waals surface area contributed by atoms with Gasteiger partial charge in [-0.1, -0.05) is 6.08 Å². The summed E-state index contributed by atoms with van der Waals surface area (Å²) in [6.45, 7) is 3.96. The molecule has 0 spiro atoms. The Labute approximate surface area is 125 Å². The zero-order valence-corrected chi connectivity index (χ0v) is 12.2. The van der Waals surface area contributed by atoms with Gasteiger partial charge < -0.3 is 14.2 Å². The first-order valence-corrected chi connectivity index (χ1v) is 6.79. The van der Waals surface area contributed by atoms with Crippen molar-refractivity contribution in [2.24, 2.45) is 11.8 Å². The minimum Gasteiger partial charge on any atom is -0.422 e. The van der Waals surface area contributed by atoms with Crippen molar-refractivity contribution in [3.05, 3.63) is 12.2 Å². The number of nitrogens with one attached hydrogen (secondary N) is 1. The summed E-state index contributed by atoms with van der Waals surface area (Å²) in [4.78, 5) is 46.8. The van der Waals surface area contributed by atoms with Crippen LogP contribution in [0.25, 0.3) is 0 Å². The molecule has 1 N–H and O–H groups in total. The van der Waals surface area contributed by atoms with Crippen LogP contribution in [-0.4, -0.2) is 41.2 Å². The average molecular weight is 309 g/mol. The number of ether oxygens (including phenoxy) is 3. The molecule has 0 unspecified atom stereocenters. The molecular formula is C14H15NO7. The summed E-state index contributed by atoms with van der Waals surface area (Å²) in [5, 5.41) is 2.25. The lowest BCUT2D eigenvalue weighted by Gasteiger charge is -2.34. The zero-order valence-electron chi connectivity index (χ0n) is 12.2. The van der Waals surface area contributed by atoms with Crippen LogP contribution in [-0.2, 0) is 33.4 Å². The van der Waals surface area contributed by atoms with Crippen LogP contribution in [0.2, 0.25) is 0 Å². The van der Waals surface area contributed by atoms with Gasteiger partial charge in [-0.25, -0.2) is 0 Å². The number of esters is 2. The van der Waals surface area contributed by atoms with Crippen LogP contribution in [0.1, 0.15) is 20.8 Å². The molecule has 2 fully saturated rings. The molecule has 0 aromatic rings. The van der Waals surface area contributed by atoms with E-state index in [9.17, 15) is 19.2 Å². The van der Waals surface area contributed by atoms with Crippen molar-refractivity contribution < 1.29 is 33.4 Å². The number of imide groups is 1. The molecule has 3 aliphatic heterocycles. The number of hydrogen-bond acceptors (Lipinski definition) is 7. The molecule has 2 saturated heterocycles. The largest absolute Gasteiger partial charge is 0.422 e. The molecule has 0 aliphatic carbocycles. The summed E-state index contributed by atoms with van der Waals surface area (Å²) in [6, 6.07) is 0. The van der Waals surface area contributed by atoms with Crippen molar-refractivity contribution in [1.29, 1.82) is 0 Å². The van der Waals surface area contributed by atoms with E-state index in [4.69, 9.17) is 14.2 Å². The monoisotopic (exact) mass is 309 g/mol. The Hall–Kier alpha value is -2.22. The van der Waals surface area contributed by atoms with Gasteiger partial charge in [-0.2, -0.15) is 0 Å². The molecular weight excluding hydrogens is 294 g/mol. The SMILES string of the molecule is CC(=O)OC(OC(C)=O)[C@@]12C=C[C@@](C)(O1)[C@H]1C(=O)NC(=O)[C@@H]12. The Balaban J connectivity index is 2.05. The van der Waals surface area contributed by atoms with Crippen molar-refractivity contribution in [3.8, 4) is 0 Å². The third-order valence-electron chi connectivity index (χ3n) is 4.23. The normalized spacial score (nSPS) is 38.2. The highest BCUT2D eigenvalue weighted by Gasteiger charge is 2.74. The maximum Gasteiger partial charge on any atom is 0.305 e. The van der Waals surface area contributed by atoms with Gasteiger partial charge in [0.25, 0.3) is 6.29 Å². The topological polar surface area (TPSA) is 108 Å². The van der Waals surface area contributed by atoms with E-state index in [1.807, 2.05) is 0 Å². The van der Waals surface area contributed by atoms with Crippen LogP contribution in [0.15, 0.2) is 12.2 Å². The first-order chi connectivity index (χ1) is 10.2. The maximum atomic E-state index is 12.2. The third-order valence-corrected chi connectivity index (χ3v) is 4.23. The second-order valence-corrected chi connectivity index (χ2v) is 5.83. The van der Waals surface area contributed by atoms with Crippen LogP contribution in [0, 0.1) is 11.8 Å². The van der Waals surface area contributed by atoms with E-state index in [2.05, 4.69) is 5.32 Å². The highest BCUT2D eigenvalue weighted by molar-refractivity contribution is 6.07. The van der Waals surface area contributed by atoms with E-state index >= 15 is 0 Å². The number of amides is 2. The van der Waals surface area contributed by atoms with Gasteiger partial charge in [-0.3, -0.25) is 24.5 Å². The fraction of sp³-hybridized carbons (Fsp3) is 0.571. The van der Waals surface area contributed by atoms with Gasteiger partial charge in [-0.05, 0) is 13.0 Å². The first-order valence-electron chi connectivity index (χ1n) is 6.79. The van der Waals surface area contributed by atoms with E-state index in [0.29, 0.717) is 0 Å². The van der Waals surface area contributed by atoms with Gasteiger partial charge in [-0.15, -0.1) is 0 Å². The van der Waals surface area contributed by atoms with E-state index in [0.717, 1.165) is 13.8 Å². The second kappa shape index (κ2) is 4.39. The molecule has 8 heteroatoms. The maximum absolute atomic E-state index is 12.2. The number of carbonyl (C=O) groups is 4. The lowest BCUT2D eigenvalue weighted by Crippen LogP contribution is -2.52. The van der Waals surface area contributed by atoms with E-state index in [1.165, 1.54) is 6.08 Å². The van der Waals surface area contributed by atoms with E-state index < -0.39 is 53.1 Å². The Bertz CT molecular complexity index is 611. The molecule has 4 atom stereocenters. The smallest absolute Gasteiger partial charge is 0.305 e. The van der Waals surface area contributed by atoms with Crippen LogP contribution in [0.3, 0.4) is 0 Å². The molecule has 0 aromatic heterocycles. The molecule has 118 valence electrons. The quantitative estimate of drug-likeness (QED) is 0.322. The van der Waals surface area contributed by atoms with Crippen molar-refractivity contribution in [1.82, 2.24) is 5.32 Å². The summed E-state index contributed by atoms with van der Waals surface area (Å²) in [6.07, 6.45) is 1.72. The average Bonchev–Trinajstić information content (AvgIpc) is 2.96. The van der Waals surface area contributed by atoms with Gasteiger partial charge in [0.2, 0.25) is 11.8 Å². The van der Waals surface area contributed by atoms with Crippen LogP contribution in [0.5, 0.6) is 0 Å². The van der Waals surface area contributed by atoms with Crippen LogP contribution < -0.4 is 5.32 Å². The van der Waals surface area contributed by atoms with Gasteiger partial charge in [0.1, 0.15) is 0 Å². The number of hydrogen-bond donors (Lipinski definition) is 1. The van der Waals surface area contributed by atoms with Gasteiger partial charge in [0.05, 0.1) is 17.4 Å². The minimum absolute atomic E-state index is 0.451. The lowest BCUT2D eigenvalue weighted by atomic mass is 9.72. The second-order valence-electron chi connectivity index (χ2n) is 5.83. The van der Waals surface area contributed by atoms with Gasteiger partial charge in [0.15, 0.2) is 5.60 Å². The Morgan fingerprint density at radius 3 is 2.23 bits per heavy atom. The Morgan fingerprint density at radius 1 is 1.14 bits per heavy atom. The fourth-order valence-electron chi connectivity index (χ4n) is 3.50. The predicted molar refractivity (Wildman–Crippen MR) is 68.8 cm³/mol. The molecule has 2 bridgehead atoms. The summed E-state index contributed by atoms with van der Waals surface area (Å²) in [7, 11) is 0. The highest BCUT2D eigenvalue weighted by atomic mass is 16.7. The summed E-state index contributed by atoms with van der Waals surface area (Å²) in [5.41, 5.74) is -2.51. The molecule has 3 heterocycles. The number of rotatable bonds is 3. The number of fused-ring (bicyclic) bond motifs is 5. The number of carbonyl (C=O) groups excluding carboxylic acids is 4. The standard InChI is InChI=1S/C14H15NO7/c1-6(16)20-12(21-7(2)17)14-5-4-13(3,22-14)8-9(14)11(19)15-10(8)18/h4-5,8-9,12H,1-3H3,(H,15,18,19)/t8-,9-,13-,14+/m1/s1. The minimum atomic E-state index is -1.49. The Morgan fingerprint density at radius 2 is 1.68 bits per heavy atom. The van der Waals surface area contributed by atoms with Crippen LogP contribution in [0.4, 0.5) is 0 Å². The van der Waals surface area contributed by atoms with E-state index in [1.54, 1.807) is 13.0 Å². The van der Waals surface area contributed by atoms with E-state index in [-0.39, 0.29) is 0 Å². The zero-order chi connectivity index (χ0) is 16.3. The molecule has 0 saturated carbocycles. The Kier molecular flexibility index (Phi) is 2.93. The molecule has 8 nitrogen and oxygen atoms in total. The lowest BCUT2D eigenvalue weighted by molar-refractivity contribution is -0.231. The van der Waals surface area contributed by atoms with Crippen molar-refractivity contribution in [2.75, 3.05) is 0 Å². The molecule has 3 aliphatic rings. The predicted octanol–water partition coefficient (Wildman–Crippen LogP) is -0.575. The van der Waals surface area contributed by atoms with Crippen LogP contribution >= 0.6 is 0 Å². The van der Waals surface area contributed by atoms with Crippen molar-refractivity contribution >= 4 is 23.8 Å². The molecule has 22 heavy (non-hydrogen) atoms. The summed E-state index contributed by atoms with van der Waals surface area (Å²) >= 11 is 0. The summed E-state index contributed by atoms with van der Waals surface area (Å²) < 4.78 is 16.0. The van der Waals surface area contributed by atoms with Gasteiger partial charge >= 0.3 is 11.9 Å². The highest BCUT2D eigenvalue weighted by Crippen LogP contribution is 2.57. The van der Waals surface area contributed by atoms with Crippen molar-refractivity contribution in [3.63, 3.8) is 0 Å². The fourth-order valence-corrected chi connectivity index (χ4v) is 3.50. The molecule has 0 aromatic carbocycles. The van der Waals surface area contributed by atoms with Crippen molar-refractivity contribution in [2.45, 2.75) is 38.3 Å². The summed E-state index contributed by atoms with van der Waals surface area (Å²) in [5.74, 6) is -4.04. The first kappa shape index (κ1) is 14.7. The molecule has 0 radical (unpaired) electrons.